The third-order valence-electron chi connectivity index (χ3n) is 5.99. The standard InChI is InChI=1S/C24H22Cl2N4O/c1-13-7-4-5-8-14(13)22-28-23-27-17-11-24(2,3)12-18(31)19(17)21(30(23)29-22)15-9-6-10-16(25)20(15)26/h4-10,21H,11-12H2,1-3H3,(H,27,28,29). The minimum absolute atomic E-state index is 0.0957. The number of benzene rings is 2. The molecule has 1 aliphatic carbocycles. The van der Waals surface area contributed by atoms with E-state index in [0.717, 1.165) is 28.8 Å². The van der Waals surface area contributed by atoms with E-state index in [0.29, 0.717) is 33.8 Å². The molecule has 2 aromatic carbocycles. The van der Waals surface area contributed by atoms with Crippen molar-refractivity contribution < 1.29 is 4.79 Å². The van der Waals surface area contributed by atoms with Crippen molar-refractivity contribution in [1.82, 2.24) is 14.8 Å². The highest BCUT2D eigenvalue weighted by molar-refractivity contribution is 6.42. The van der Waals surface area contributed by atoms with E-state index in [-0.39, 0.29) is 11.2 Å². The van der Waals surface area contributed by atoms with Crippen LogP contribution in [0, 0.1) is 12.3 Å². The van der Waals surface area contributed by atoms with E-state index in [9.17, 15) is 4.79 Å². The molecule has 3 aromatic rings. The molecule has 5 nitrogen and oxygen atoms in total. The first-order chi connectivity index (χ1) is 14.7. The molecule has 158 valence electrons. The molecule has 7 heteroatoms. The van der Waals surface area contributed by atoms with Crippen LogP contribution in [0.15, 0.2) is 53.7 Å². The number of nitrogens with one attached hydrogen (secondary N) is 1. The summed E-state index contributed by atoms with van der Waals surface area (Å²) in [5.41, 5.74) is 4.23. The van der Waals surface area contributed by atoms with Crippen LogP contribution >= 0.6 is 23.2 Å². The Hall–Kier alpha value is -2.63. The van der Waals surface area contributed by atoms with Gasteiger partial charge in [0.15, 0.2) is 11.6 Å². The van der Waals surface area contributed by atoms with Crippen LogP contribution in [0.1, 0.15) is 43.9 Å². The number of aryl methyl sites for hydroxylation is 1. The van der Waals surface area contributed by atoms with Crippen LogP contribution in [-0.4, -0.2) is 20.5 Å². The fourth-order valence-electron chi connectivity index (χ4n) is 4.57. The number of fused-ring (bicyclic) bond motifs is 1. The Kier molecular flexibility index (Phi) is 4.72. The topological polar surface area (TPSA) is 59.8 Å². The van der Waals surface area contributed by atoms with E-state index < -0.39 is 6.04 Å². The van der Waals surface area contributed by atoms with Crippen LogP contribution in [-0.2, 0) is 4.79 Å². The lowest BCUT2D eigenvalue weighted by molar-refractivity contribution is -0.118. The molecule has 1 aromatic heterocycles. The molecule has 1 aliphatic heterocycles. The fraction of sp³-hybridized carbons (Fsp3) is 0.292. The second-order valence-electron chi connectivity index (χ2n) is 9.02. The van der Waals surface area contributed by atoms with Crippen molar-refractivity contribution in [3.63, 3.8) is 0 Å². The maximum atomic E-state index is 13.3. The van der Waals surface area contributed by atoms with Gasteiger partial charge in [0.2, 0.25) is 5.95 Å². The average molecular weight is 453 g/mol. The smallest absolute Gasteiger partial charge is 0.226 e. The number of rotatable bonds is 2. The number of nitrogens with zero attached hydrogens (tertiary/aromatic N) is 3. The molecule has 0 spiro atoms. The Balaban J connectivity index is 1.74. The number of hydrogen-bond acceptors (Lipinski definition) is 4. The Morgan fingerprint density at radius 2 is 1.87 bits per heavy atom. The predicted octanol–water partition coefficient (Wildman–Crippen LogP) is 6.22. The first-order valence-corrected chi connectivity index (χ1v) is 11.0. The molecule has 31 heavy (non-hydrogen) atoms. The number of carbonyl (C=O) groups is 1. The highest BCUT2D eigenvalue weighted by Gasteiger charge is 2.42. The lowest BCUT2D eigenvalue weighted by Gasteiger charge is -2.38. The zero-order valence-electron chi connectivity index (χ0n) is 17.5. The van der Waals surface area contributed by atoms with Crippen molar-refractivity contribution in [3.8, 4) is 11.4 Å². The summed E-state index contributed by atoms with van der Waals surface area (Å²) in [4.78, 5) is 18.1. The van der Waals surface area contributed by atoms with E-state index in [1.54, 1.807) is 10.7 Å². The van der Waals surface area contributed by atoms with Gasteiger partial charge in [-0.05, 0) is 30.4 Å². The monoisotopic (exact) mass is 452 g/mol. The zero-order valence-corrected chi connectivity index (χ0v) is 19.1. The molecule has 0 saturated heterocycles. The molecule has 1 N–H and O–H groups in total. The van der Waals surface area contributed by atoms with Crippen molar-refractivity contribution in [1.29, 1.82) is 0 Å². The Labute approximate surface area is 191 Å². The van der Waals surface area contributed by atoms with Crippen molar-refractivity contribution in [2.24, 2.45) is 5.41 Å². The van der Waals surface area contributed by atoms with E-state index in [4.69, 9.17) is 33.3 Å². The Morgan fingerprint density at radius 3 is 2.65 bits per heavy atom. The largest absolute Gasteiger partial charge is 0.328 e. The first-order valence-electron chi connectivity index (χ1n) is 10.2. The summed E-state index contributed by atoms with van der Waals surface area (Å²) in [6.45, 7) is 6.25. The van der Waals surface area contributed by atoms with Gasteiger partial charge in [0.05, 0.1) is 10.0 Å². The molecular formula is C24H22Cl2N4O. The number of hydrogen-bond donors (Lipinski definition) is 1. The molecule has 1 unspecified atom stereocenters. The van der Waals surface area contributed by atoms with Crippen LogP contribution in [0.3, 0.4) is 0 Å². The summed E-state index contributed by atoms with van der Waals surface area (Å²) in [7, 11) is 0. The maximum absolute atomic E-state index is 13.3. The summed E-state index contributed by atoms with van der Waals surface area (Å²) < 4.78 is 1.77. The molecule has 2 heterocycles. The predicted molar refractivity (Wildman–Crippen MR) is 123 cm³/mol. The molecule has 0 saturated carbocycles. The second kappa shape index (κ2) is 7.21. The Bertz CT molecular complexity index is 1260. The normalized spacial score (nSPS) is 19.6. The first kappa shape index (κ1) is 20.3. The van der Waals surface area contributed by atoms with E-state index >= 15 is 0 Å². The van der Waals surface area contributed by atoms with Gasteiger partial charge in [-0.3, -0.25) is 4.79 Å². The summed E-state index contributed by atoms with van der Waals surface area (Å²) in [6.07, 6.45) is 1.21. The minimum Gasteiger partial charge on any atom is -0.328 e. The van der Waals surface area contributed by atoms with Gasteiger partial charge in [-0.1, -0.05) is 73.4 Å². The van der Waals surface area contributed by atoms with Gasteiger partial charge in [-0.15, -0.1) is 5.10 Å². The van der Waals surface area contributed by atoms with Crippen molar-refractivity contribution in [3.05, 3.63) is 74.9 Å². The Morgan fingerprint density at radius 1 is 1.10 bits per heavy atom. The van der Waals surface area contributed by atoms with Gasteiger partial charge in [0.25, 0.3) is 0 Å². The van der Waals surface area contributed by atoms with Gasteiger partial charge in [-0.25, -0.2) is 4.68 Å². The number of aromatic nitrogens is 3. The highest BCUT2D eigenvalue weighted by Crippen LogP contribution is 2.47. The number of halogens is 2. The van der Waals surface area contributed by atoms with Crippen molar-refractivity contribution in [2.45, 2.75) is 39.7 Å². The molecule has 0 amide bonds. The van der Waals surface area contributed by atoms with Gasteiger partial charge < -0.3 is 5.32 Å². The van der Waals surface area contributed by atoms with Crippen molar-refractivity contribution in [2.75, 3.05) is 5.32 Å². The second-order valence-corrected chi connectivity index (χ2v) is 9.81. The summed E-state index contributed by atoms with van der Waals surface area (Å²) in [5.74, 6) is 1.30. The van der Waals surface area contributed by atoms with Crippen LogP contribution in [0.4, 0.5) is 5.95 Å². The third kappa shape index (κ3) is 3.36. The van der Waals surface area contributed by atoms with Crippen LogP contribution in [0.5, 0.6) is 0 Å². The maximum Gasteiger partial charge on any atom is 0.226 e. The van der Waals surface area contributed by atoms with Gasteiger partial charge >= 0.3 is 0 Å². The molecule has 0 radical (unpaired) electrons. The highest BCUT2D eigenvalue weighted by atomic mass is 35.5. The van der Waals surface area contributed by atoms with Crippen LogP contribution < -0.4 is 5.32 Å². The molecule has 5 rings (SSSR count). The zero-order chi connectivity index (χ0) is 21.9. The van der Waals surface area contributed by atoms with Crippen LogP contribution in [0.2, 0.25) is 10.0 Å². The lowest BCUT2D eigenvalue weighted by Crippen LogP contribution is -2.36. The molecule has 0 fully saturated rings. The summed E-state index contributed by atoms with van der Waals surface area (Å²) in [5, 5.41) is 9.11. The molecular weight excluding hydrogens is 431 g/mol. The van der Waals surface area contributed by atoms with E-state index in [1.807, 2.05) is 43.3 Å². The number of allylic oxidation sites excluding steroid dienone is 2. The molecule has 1 atom stereocenters. The SMILES string of the molecule is Cc1ccccc1-c1nc2n(n1)C(c1cccc(Cl)c1Cl)C1=C(CC(C)(C)CC1=O)N2. The average Bonchev–Trinajstić information content (AvgIpc) is 3.11. The van der Waals surface area contributed by atoms with E-state index in [2.05, 4.69) is 19.2 Å². The quantitative estimate of drug-likeness (QED) is 0.501. The van der Waals surface area contributed by atoms with Gasteiger partial charge in [0.1, 0.15) is 6.04 Å². The van der Waals surface area contributed by atoms with E-state index in [1.165, 1.54) is 0 Å². The van der Waals surface area contributed by atoms with Crippen molar-refractivity contribution >= 4 is 34.9 Å². The molecule has 2 aliphatic rings. The third-order valence-corrected chi connectivity index (χ3v) is 6.83. The lowest BCUT2D eigenvalue weighted by atomic mass is 9.73. The number of anilines is 1. The minimum atomic E-state index is -0.480. The van der Waals surface area contributed by atoms with Crippen LogP contribution in [0.25, 0.3) is 11.4 Å². The fourth-order valence-corrected chi connectivity index (χ4v) is 4.98. The van der Waals surface area contributed by atoms with Gasteiger partial charge in [-0.2, -0.15) is 4.98 Å². The summed E-state index contributed by atoms with van der Waals surface area (Å²) in [6, 6.07) is 13.0. The number of Topliss-reactive ketones (excluding diaryl/α,β-unsaturated/α-hetero) is 1. The molecule has 0 bridgehead atoms. The van der Waals surface area contributed by atoms with Gasteiger partial charge in [0, 0.05) is 28.8 Å². The summed E-state index contributed by atoms with van der Waals surface area (Å²) >= 11 is 13.0. The number of carbonyl (C=O) groups excluding carboxylic acids is 1. The number of ketones is 1.